The molecule has 1 heterocycles. The van der Waals surface area contributed by atoms with Crippen LogP contribution in [0, 0.1) is 0 Å². The Bertz CT molecular complexity index is 473. The highest BCUT2D eigenvalue weighted by molar-refractivity contribution is 9.11. The third-order valence-electron chi connectivity index (χ3n) is 2.82. The van der Waals surface area contributed by atoms with Crippen molar-refractivity contribution >= 4 is 27.7 Å². The van der Waals surface area contributed by atoms with E-state index in [-0.39, 0.29) is 0 Å². The Hall–Kier alpha value is -1.20. The summed E-state index contributed by atoms with van der Waals surface area (Å²) >= 11 is 3.34. The standard InChI is InChI=1S/C12H14BrNO3/c1-14-9-6-11(17-3)10(16-2)5-7(9)4-8(13)12(14)15/h4-6,12,15H,1-3H3. The third kappa shape index (κ3) is 2.00. The van der Waals surface area contributed by atoms with Gasteiger partial charge in [-0.2, -0.15) is 0 Å². The summed E-state index contributed by atoms with van der Waals surface area (Å²) in [5.41, 5.74) is 1.88. The molecular weight excluding hydrogens is 286 g/mol. The Morgan fingerprint density at radius 1 is 1.24 bits per heavy atom. The molecule has 0 aromatic heterocycles. The number of fused-ring (bicyclic) bond motifs is 1. The molecule has 0 saturated carbocycles. The predicted molar refractivity (Wildman–Crippen MR) is 70.9 cm³/mol. The number of hydrogen-bond acceptors (Lipinski definition) is 4. The third-order valence-corrected chi connectivity index (χ3v) is 3.46. The summed E-state index contributed by atoms with van der Waals surface area (Å²) in [6.45, 7) is 0. The van der Waals surface area contributed by atoms with Gasteiger partial charge in [-0.1, -0.05) is 15.9 Å². The highest BCUT2D eigenvalue weighted by Gasteiger charge is 2.24. The Labute approximate surface area is 109 Å². The summed E-state index contributed by atoms with van der Waals surface area (Å²) in [4.78, 5) is 1.77. The highest BCUT2D eigenvalue weighted by Crippen LogP contribution is 2.40. The second kappa shape index (κ2) is 4.58. The maximum atomic E-state index is 9.92. The molecule has 1 N–H and O–H groups in total. The largest absolute Gasteiger partial charge is 0.493 e. The number of aliphatic hydroxyl groups excluding tert-OH is 1. The molecule has 0 spiro atoms. The average Bonchev–Trinajstić information content (AvgIpc) is 2.34. The van der Waals surface area contributed by atoms with Gasteiger partial charge in [0, 0.05) is 28.8 Å². The lowest BCUT2D eigenvalue weighted by Gasteiger charge is -2.31. The number of halogens is 1. The van der Waals surface area contributed by atoms with Crippen molar-refractivity contribution in [2.45, 2.75) is 6.23 Å². The first-order valence-corrected chi connectivity index (χ1v) is 5.91. The van der Waals surface area contributed by atoms with Crippen molar-refractivity contribution in [1.29, 1.82) is 0 Å². The summed E-state index contributed by atoms with van der Waals surface area (Å²) in [5, 5.41) is 9.92. The number of benzene rings is 1. The maximum absolute atomic E-state index is 9.92. The molecule has 1 aliphatic rings. The van der Waals surface area contributed by atoms with Gasteiger partial charge in [0.2, 0.25) is 0 Å². The molecule has 92 valence electrons. The van der Waals surface area contributed by atoms with Gasteiger partial charge in [0.1, 0.15) is 0 Å². The van der Waals surface area contributed by atoms with Crippen LogP contribution in [0.25, 0.3) is 6.08 Å². The van der Waals surface area contributed by atoms with Gasteiger partial charge in [0.25, 0.3) is 0 Å². The van der Waals surface area contributed by atoms with Gasteiger partial charge < -0.3 is 19.5 Å². The molecule has 0 saturated heterocycles. The summed E-state index contributed by atoms with van der Waals surface area (Å²) in [6.07, 6.45) is 1.21. The van der Waals surface area contributed by atoms with Gasteiger partial charge in [-0.05, 0) is 12.1 Å². The van der Waals surface area contributed by atoms with Gasteiger partial charge in [-0.3, -0.25) is 0 Å². The number of ether oxygens (including phenoxy) is 2. The van der Waals surface area contributed by atoms with Crippen LogP contribution >= 0.6 is 15.9 Å². The highest BCUT2D eigenvalue weighted by atomic mass is 79.9. The van der Waals surface area contributed by atoms with Crippen LogP contribution in [0.1, 0.15) is 5.56 Å². The molecule has 4 nitrogen and oxygen atoms in total. The summed E-state index contributed by atoms with van der Waals surface area (Å²) in [7, 11) is 5.02. The first-order chi connectivity index (χ1) is 8.08. The Morgan fingerprint density at radius 2 is 1.82 bits per heavy atom. The average molecular weight is 300 g/mol. The second-order valence-corrected chi connectivity index (χ2v) is 4.70. The number of likely N-dealkylation sites (N-methyl/N-ethyl adjacent to an activating group) is 1. The molecule has 2 rings (SSSR count). The van der Waals surface area contributed by atoms with Crippen molar-refractivity contribution < 1.29 is 14.6 Å². The van der Waals surface area contributed by atoms with Crippen LogP contribution in [-0.4, -0.2) is 32.6 Å². The van der Waals surface area contributed by atoms with Gasteiger partial charge in [-0.25, -0.2) is 0 Å². The predicted octanol–water partition coefficient (Wildman–Crippen LogP) is 2.21. The quantitative estimate of drug-likeness (QED) is 0.909. The molecule has 17 heavy (non-hydrogen) atoms. The minimum Gasteiger partial charge on any atom is -0.493 e. The van der Waals surface area contributed by atoms with E-state index in [2.05, 4.69) is 15.9 Å². The molecule has 1 aromatic carbocycles. The fourth-order valence-electron chi connectivity index (χ4n) is 1.84. The maximum Gasteiger partial charge on any atom is 0.162 e. The number of anilines is 1. The molecule has 1 aliphatic heterocycles. The lowest BCUT2D eigenvalue weighted by Crippen LogP contribution is -2.34. The fourth-order valence-corrected chi connectivity index (χ4v) is 2.40. The number of aliphatic hydroxyl groups is 1. The van der Waals surface area contributed by atoms with Crippen molar-refractivity contribution in [3.63, 3.8) is 0 Å². The second-order valence-electron chi connectivity index (χ2n) is 3.78. The van der Waals surface area contributed by atoms with Gasteiger partial charge in [0.05, 0.1) is 14.2 Å². The lowest BCUT2D eigenvalue weighted by molar-refractivity contribution is 0.220. The molecule has 1 atom stereocenters. The molecule has 0 fully saturated rings. The first kappa shape index (κ1) is 12.3. The Morgan fingerprint density at radius 3 is 2.41 bits per heavy atom. The molecule has 0 bridgehead atoms. The normalized spacial score (nSPS) is 18.5. The zero-order chi connectivity index (χ0) is 12.6. The van der Waals surface area contributed by atoms with E-state index in [1.54, 1.807) is 19.1 Å². The van der Waals surface area contributed by atoms with Crippen LogP contribution in [0.2, 0.25) is 0 Å². The van der Waals surface area contributed by atoms with Crippen LogP contribution in [0.4, 0.5) is 5.69 Å². The smallest absolute Gasteiger partial charge is 0.162 e. The van der Waals surface area contributed by atoms with Crippen molar-refractivity contribution in [3.8, 4) is 11.5 Å². The van der Waals surface area contributed by atoms with Crippen LogP contribution in [0.5, 0.6) is 11.5 Å². The van der Waals surface area contributed by atoms with Crippen LogP contribution in [0.15, 0.2) is 16.6 Å². The first-order valence-electron chi connectivity index (χ1n) is 5.12. The van der Waals surface area contributed by atoms with E-state index in [0.29, 0.717) is 11.5 Å². The molecule has 0 amide bonds. The van der Waals surface area contributed by atoms with E-state index >= 15 is 0 Å². The van der Waals surface area contributed by atoms with Crippen molar-refractivity contribution in [3.05, 3.63) is 22.2 Å². The zero-order valence-electron chi connectivity index (χ0n) is 9.90. The van der Waals surface area contributed by atoms with Crippen LogP contribution in [0.3, 0.4) is 0 Å². The van der Waals surface area contributed by atoms with E-state index in [9.17, 15) is 5.11 Å². The molecule has 1 aromatic rings. The fraction of sp³-hybridized carbons (Fsp3) is 0.333. The van der Waals surface area contributed by atoms with E-state index in [1.165, 1.54) is 0 Å². The topological polar surface area (TPSA) is 41.9 Å². The van der Waals surface area contributed by atoms with Crippen molar-refractivity contribution in [2.75, 3.05) is 26.2 Å². The van der Waals surface area contributed by atoms with Crippen LogP contribution < -0.4 is 14.4 Å². The van der Waals surface area contributed by atoms with Gasteiger partial charge in [-0.15, -0.1) is 0 Å². The molecular formula is C12H14BrNO3. The van der Waals surface area contributed by atoms with E-state index < -0.39 is 6.23 Å². The van der Waals surface area contributed by atoms with Gasteiger partial charge in [0.15, 0.2) is 17.7 Å². The Balaban J connectivity index is 2.59. The summed E-state index contributed by atoms with van der Waals surface area (Å²) < 4.78 is 11.2. The number of methoxy groups -OCH3 is 2. The van der Waals surface area contributed by atoms with Crippen molar-refractivity contribution in [1.82, 2.24) is 0 Å². The lowest BCUT2D eigenvalue weighted by atomic mass is 10.1. The minimum absolute atomic E-state index is 0.650. The summed E-state index contributed by atoms with van der Waals surface area (Å²) in [5.74, 6) is 1.32. The molecule has 0 radical (unpaired) electrons. The SMILES string of the molecule is COc1cc2c(cc1OC)N(C)C(O)C(Br)=C2. The van der Waals surface area contributed by atoms with Gasteiger partial charge >= 0.3 is 0 Å². The number of hydrogen-bond donors (Lipinski definition) is 1. The minimum atomic E-state index is -0.666. The number of rotatable bonds is 2. The van der Waals surface area contributed by atoms with E-state index in [0.717, 1.165) is 15.7 Å². The van der Waals surface area contributed by atoms with E-state index in [4.69, 9.17) is 9.47 Å². The van der Waals surface area contributed by atoms with Crippen molar-refractivity contribution in [2.24, 2.45) is 0 Å². The van der Waals surface area contributed by atoms with Crippen LogP contribution in [-0.2, 0) is 0 Å². The molecule has 5 heteroatoms. The molecule has 0 aliphatic carbocycles. The Kier molecular flexibility index (Phi) is 3.31. The van der Waals surface area contributed by atoms with E-state index in [1.807, 2.05) is 25.3 Å². The zero-order valence-corrected chi connectivity index (χ0v) is 11.5. The summed E-state index contributed by atoms with van der Waals surface area (Å²) in [6, 6.07) is 3.74. The monoisotopic (exact) mass is 299 g/mol. The number of nitrogens with zero attached hydrogens (tertiary/aromatic N) is 1. The molecule has 1 unspecified atom stereocenters.